The first-order valence-corrected chi connectivity index (χ1v) is 15.2. The predicted octanol–water partition coefficient (Wildman–Crippen LogP) is 4.38. The summed E-state index contributed by atoms with van der Waals surface area (Å²) in [6.07, 6.45) is 19.0. The number of amidine groups is 1. The molecule has 4 N–H and O–H groups in total. The van der Waals surface area contributed by atoms with E-state index in [0.29, 0.717) is 17.8 Å². The third-order valence-electron chi connectivity index (χ3n) is 10.6. The van der Waals surface area contributed by atoms with Crippen molar-refractivity contribution in [3.63, 3.8) is 0 Å². The second-order valence-corrected chi connectivity index (χ2v) is 12.7. The monoisotopic (exact) mass is 485 g/mol. The summed E-state index contributed by atoms with van der Waals surface area (Å²) in [5.41, 5.74) is 5.99. The number of nitrogens with zero attached hydrogens (tertiary/aromatic N) is 2. The van der Waals surface area contributed by atoms with Crippen molar-refractivity contribution in [1.82, 2.24) is 15.1 Å². The second kappa shape index (κ2) is 11.9. The maximum absolute atomic E-state index is 13.6. The van der Waals surface area contributed by atoms with Crippen LogP contribution in [0.2, 0.25) is 0 Å². The number of hydrogen-bond donors (Lipinski definition) is 3. The van der Waals surface area contributed by atoms with Crippen LogP contribution in [0.5, 0.6) is 0 Å². The Morgan fingerprint density at radius 3 is 2.51 bits per heavy atom. The van der Waals surface area contributed by atoms with Gasteiger partial charge in [-0.1, -0.05) is 38.5 Å². The van der Waals surface area contributed by atoms with Gasteiger partial charge < -0.3 is 16.0 Å². The summed E-state index contributed by atoms with van der Waals surface area (Å²) in [7, 11) is 0. The normalized spacial score (nSPS) is 38.5. The minimum absolute atomic E-state index is 0.0228. The molecule has 7 atom stereocenters. The van der Waals surface area contributed by atoms with E-state index in [-0.39, 0.29) is 17.9 Å². The molecule has 2 aliphatic heterocycles. The van der Waals surface area contributed by atoms with Crippen LogP contribution in [0.25, 0.3) is 0 Å². The summed E-state index contributed by atoms with van der Waals surface area (Å²) in [4.78, 5) is 18.8. The molecule has 0 bridgehead atoms. The van der Waals surface area contributed by atoms with Crippen LogP contribution in [0.3, 0.4) is 0 Å². The number of piperidine rings is 1. The molecule has 0 spiro atoms. The Balaban J connectivity index is 1.22. The lowest BCUT2D eigenvalue weighted by atomic mass is 9.65. The predicted molar refractivity (Wildman–Crippen MR) is 142 cm³/mol. The molecule has 0 aromatic carbocycles. The van der Waals surface area contributed by atoms with E-state index in [1.54, 1.807) is 0 Å². The van der Waals surface area contributed by atoms with Crippen LogP contribution >= 0.6 is 0 Å². The molecule has 0 aromatic heterocycles. The highest BCUT2D eigenvalue weighted by Gasteiger charge is 2.48. The summed E-state index contributed by atoms with van der Waals surface area (Å²) >= 11 is 0. The molecule has 5 fully saturated rings. The van der Waals surface area contributed by atoms with Crippen molar-refractivity contribution in [3.05, 3.63) is 0 Å². The van der Waals surface area contributed by atoms with E-state index in [0.717, 1.165) is 69.5 Å². The van der Waals surface area contributed by atoms with Crippen molar-refractivity contribution < 1.29 is 4.79 Å². The highest BCUT2D eigenvalue weighted by Crippen LogP contribution is 2.47. The Hall–Kier alpha value is -1.14. The molecule has 0 radical (unpaired) electrons. The second-order valence-electron chi connectivity index (χ2n) is 12.7. The van der Waals surface area contributed by atoms with Crippen LogP contribution in [0.4, 0.5) is 0 Å². The van der Waals surface area contributed by atoms with Gasteiger partial charge in [-0.3, -0.25) is 15.1 Å². The van der Waals surface area contributed by atoms with Crippen molar-refractivity contribution >= 4 is 11.7 Å². The van der Waals surface area contributed by atoms with Crippen LogP contribution in [0.1, 0.15) is 96.3 Å². The van der Waals surface area contributed by atoms with Crippen LogP contribution in [-0.2, 0) is 4.79 Å². The van der Waals surface area contributed by atoms with Crippen molar-refractivity contribution in [2.75, 3.05) is 32.7 Å². The molecule has 2 saturated heterocycles. The van der Waals surface area contributed by atoms with E-state index in [4.69, 9.17) is 11.1 Å². The molecule has 6 heteroatoms. The summed E-state index contributed by atoms with van der Waals surface area (Å²) < 4.78 is 0. The third-order valence-corrected chi connectivity index (χ3v) is 10.6. The van der Waals surface area contributed by atoms with Crippen molar-refractivity contribution in [2.24, 2.45) is 35.3 Å². The fourth-order valence-electron chi connectivity index (χ4n) is 8.73. The van der Waals surface area contributed by atoms with Crippen molar-refractivity contribution in [3.8, 4) is 0 Å². The van der Waals surface area contributed by atoms with Crippen molar-refractivity contribution in [1.29, 1.82) is 5.41 Å². The van der Waals surface area contributed by atoms with E-state index in [9.17, 15) is 4.79 Å². The molecule has 5 rings (SSSR count). The SMILES string of the molecule is N=C(N)C1CCC2CC(C(=O)NCCCN3CCCCC3)N(CC3CCCC4CCCCC43)C2C1. The molecule has 3 saturated carbocycles. The summed E-state index contributed by atoms with van der Waals surface area (Å²) in [5, 5.41) is 11.4. The van der Waals surface area contributed by atoms with Gasteiger partial charge in [0.15, 0.2) is 0 Å². The molecule has 0 aromatic rings. The van der Waals surface area contributed by atoms with E-state index < -0.39 is 0 Å². The Labute approximate surface area is 213 Å². The van der Waals surface area contributed by atoms with Crippen LogP contribution in [-0.4, -0.2) is 66.4 Å². The first kappa shape index (κ1) is 25.5. The first-order valence-electron chi connectivity index (χ1n) is 15.2. The van der Waals surface area contributed by atoms with Crippen LogP contribution in [0.15, 0.2) is 0 Å². The molecule has 35 heavy (non-hydrogen) atoms. The number of nitrogens with two attached hydrogens (primary N) is 1. The zero-order chi connectivity index (χ0) is 24.2. The largest absolute Gasteiger partial charge is 0.387 e. The van der Waals surface area contributed by atoms with Gasteiger partial charge >= 0.3 is 0 Å². The van der Waals surface area contributed by atoms with Gasteiger partial charge in [0.25, 0.3) is 0 Å². The standard InChI is InChI=1S/C29H51N5O/c30-28(31)23-13-12-22-18-27(29(35)32-14-7-17-33-15-4-1-5-16-33)34(26(22)19-23)20-24-10-6-9-21-8-2-3-11-25(21)24/h21-27H,1-20H2,(H3,30,31)(H,32,35). The Kier molecular flexibility index (Phi) is 8.70. The fourth-order valence-corrected chi connectivity index (χ4v) is 8.73. The number of rotatable bonds is 8. The van der Waals surface area contributed by atoms with Crippen LogP contribution in [0, 0.1) is 35.0 Å². The Bertz CT molecular complexity index is 720. The summed E-state index contributed by atoms with van der Waals surface area (Å²) in [5.74, 6) is 3.99. The lowest BCUT2D eigenvalue weighted by Crippen LogP contribution is -2.51. The van der Waals surface area contributed by atoms with Gasteiger partial charge in [0.05, 0.1) is 11.9 Å². The molecule has 1 amide bonds. The van der Waals surface area contributed by atoms with Gasteiger partial charge in [-0.2, -0.15) is 0 Å². The molecule has 7 unspecified atom stereocenters. The Morgan fingerprint density at radius 1 is 0.886 bits per heavy atom. The molecule has 6 nitrogen and oxygen atoms in total. The van der Waals surface area contributed by atoms with Gasteiger partial charge in [-0.05, 0) is 101 Å². The Morgan fingerprint density at radius 2 is 1.69 bits per heavy atom. The first-order chi connectivity index (χ1) is 17.1. The third kappa shape index (κ3) is 6.06. The zero-order valence-corrected chi connectivity index (χ0v) is 22.1. The zero-order valence-electron chi connectivity index (χ0n) is 22.1. The van der Waals surface area contributed by atoms with Gasteiger partial charge in [0.2, 0.25) is 5.91 Å². The molecule has 198 valence electrons. The number of nitrogens with one attached hydrogen (secondary N) is 2. The van der Waals surface area contributed by atoms with Gasteiger partial charge in [-0.25, -0.2) is 0 Å². The molecular formula is C29H51N5O. The number of carbonyl (C=O) groups excluding carboxylic acids is 1. The van der Waals surface area contributed by atoms with Crippen molar-refractivity contribution in [2.45, 2.75) is 108 Å². The number of hydrogen-bond acceptors (Lipinski definition) is 4. The molecule has 3 aliphatic carbocycles. The van der Waals surface area contributed by atoms with Crippen LogP contribution < -0.4 is 11.1 Å². The number of carbonyl (C=O) groups is 1. The van der Waals surface area contributed by atoms with Gasteiger partial charge in [0.1, 0.15) is 0 Å². The minimum atomic E-state index is 0.0228. The lowest BCUT2D eigenvalue weighted by Gasteiger charge is -2.45. The van der Waals surface area contributed by atoms with E-state index in [1.165, 1.54) is 77.3 Å². The number of likely N-dealkylation sites (tertiary alicyclic amines) is 2. The maximum atomic E-state index is 13.6. The van der Waals surface area contributed by atoms with Gasteiger partial charge in [-0.15, -0.1) is 0 Å². The highest BCUT2D eigenvalue weighted by molar-refractivity contribution is 5.82. The lowest BCUT2D eigenvalue weighted by molar-refractivity contribution is -0.126. The molecule has 5 aliphatic rings. The topological polar surface area (TPSA) is 85.4 Å². The average molecular weight is 486 g/mol. The fraction of sp³-hybridized carbons (Fsp3) is 0.931. The number of amides is 1. The van der Waals surface area contributed by atoms with E-state index in [2.05, 4.69) is 15.1 Å². The summed E-state index contributed by atoms with van der Waals surface area (Å²) in [6.45, 7) is 5.48. The average Bonchev–Trinajstić information content (AvgIpc) is 3.25. The van der Waals surface area contributed by atoms with E-state index in [1.807, 2.05) is 0 Å². The summed E-state index contributed by atoms with van der Waals surface area (Å²) in [6, 6.07) is 0.459. The quantitative estimate of drug-likeness (QED) is 0.271. The molecule has 2 heterocycles. The van der Waals surface area contributed by atoms with Gasteiger partial charge in [0, 0.05) is 25.0 Å². The molecular weight excluding hydrogens is 434 g/mol. The minimum Gasteiger partial charge on any atom is -0.387 e. The highest BCUT2D eigenvalue weighted by atomic mass is 16.2. The van der Waals surface area contributed by atoms with E-state index >= 15 is 0 Å². The maximum Gasteiger partial charge on any atom is 0.237 e. The number of fused-ring (bicyclic) bond motifs is 2. The smallest absolute Gasteiger partial charge is 0.237 e.